The molecule has 0 fully saturated rings. The standard InChI is InChI=1S/C25H23NO5/c1-3-30-19-11-7-10-18(14-19)22-21(23(27)20-13-12-16(2)31-20)24(28)25(29)26(22)15-17-8-5-4-6-9-17/h4-14,22,28H,3,15H2,1-2H3/t22-/m0/s1. The van der Waals surface area contributed by atoms with Crippen molar-refractivity contribution in [1.29, 1.82) is 0 Å². The molecule has 1 atom stereocenters. The van der Waals surface area contributed by atoms with Crippen LogP contribution in [0.25, 0.3) is 0 Å². The average molecular weight is 417 g/mol. The molecule has 0 radical (unpaired) electrons. The van der Waals surface area contributed by atoms with E-state index in [-0.39, 0.29) is 17.9 Å². The van der Waals surface area contributed by atoms with Gasteiger partial charge in [0.05, 0.1) is 18.2 Å². The highest BCUT2D eigenvalue weighted by molar-refractivity contribution is 6.15. The Hall–Kier alpha value is -3.80. The zero-order valence-corrected chi connectivity index (χ0v) is 17.4. The van der Waals surface area contributed by atoms with Crippen LogP contribution in [-0.4, -0.2) is 28.3 Å². The lowest BCUT2D eigenvalue weighted by Gasteiger charge is -2.27. The molecule has 0 aliphatic carbocycles. The Morgan fingerprint density at radius 1 is 1.10 bits per heavy atom. The number of aryl methyl sites for hydroxylation is 1. The molecule has 0 unspecified atom stereocenters. The van der Waals surface area contributed by atoms with E-state index in [9.17, 15) is 14.7 Å². The van der Waals surface area contributed by atoms with E-state index in [1.807, 2.05) is 49.4 Å². The first kappa shape index (κ1) is 20.5. The Balaban J connectivity index is 1.80. The summed E-state index contributed by atoms with van der Waals surface area (Å²) in [6, 6.07) is 19.1. The molecule has 0 saturated carbocycles. The number of hydrogen-bond donors (Lipinski definition) is 1. The Morgan fingerprint density at radius 3 is 2.55 bits per heavy atom. The van der Waals surface area contributed by atoms with E-state index in [1.54, 1.807) is 31.2 Å². The van der Waals surface area contributed by atoms with Crippen LogP contribution in [0.3, 0.4) is 0 Å². The number of ether oxygens (including phenoxy) is 1. The summed E-state index contributed by atoms with van der Waals surface area (Å²) in [4.78, 5) is 27.8. The van der Waals surface area contributed by atoms with Gasteiger partial charge in [0.2, 0.25) is 5.78 Å². The van der Waals surface area contributed by atoms with Crippen molar-refractivity contribution >= 4 is 11.7 Å². The van der Waals surface area contributed by atoms with Crippen LogP contribution >= 0.6 is 0 Å². The molecule has 0 bridgehead atoms. The van der Waals surface area contributed by atoms with Gasteiger partial charge in [-0.2, -0.15) is 0 Å². The molecule has 4 rings (SSSR count). The van der Waals surface area contributed by atoms with Crippen LogP contribution in [-0.2, 0) is 11.3 Å². The van der Waals surface area contributed by atoms with Crippen LogP contribution in [0.15, 0.2) is 82.5 Å². The number of carbonyl (C=O) groups is 2. The van der Waals surface area contributed by atoms with Gasteiger partial charge in [0.25, 0.3) is 5.91 Å². The number of carbonyl (C=O) groups excluding carboxylic acids is 2. The van der Waals surface area contributed by atoms with Crippen molar-refractivity contribution in [3.8, 4) is 5.75 Å². The first-order valence-electron chi connectivity index (χ1n) is 10.1. The van der Waals surface area contributed by atoms with E-state index < -0.39 is 23.5 Å². The summed E-state index contributed by atoms with van der Waals surface area (Å²) in [6.07, 6.45) is 0. The summed E-state index contributed by atoms with van der Waals surface area (Å²) in [5, 5.41) is 10.7. The van der Waals surface area contributed by atoms with E-state index in [2.05, 4.69) is 0 Å². The molecule has 2 heterocycles. The second kappa shape index (κ2) is 8.52. The lowest BCUT2D eigenvalue weighted by molar-refractivity contribution is -0.130. The van der Waals surface area contributed by atoms with Crippen molar-refractivity contribution in [2.45, 2.75) is 26.4 Å². The van der Waals surface area contributed by atoms with Crippen LogP contribution in [0, 0.1) is 6.92 Å². The quantitative estimate of drug-likeness (QED) is 0.561. The number of aliphatic hydroxyl groups is 1. The predicted molar refractivity (Wildman–Crippen MR) is 115 cm³/mol. The fourth-order valence-electron chi connectivity index (χ4n) is 3.81. The number of ketones is 1. The molecule has 0 saturated heterocycles. The maximum atomic E-state index is 13.3. The Kier molecular flexibility index (Phi) is 5.62. The number of rotatable bonds is 7. The predicted octanol–water partition coefficient (Wildman–Crippen LogP) is 4.77. The van der Waals surface area contributed by atoms with Crippen molar-refractivity contribution in [1.82, 2.24) is 4.90 Å². The summed E-state index contributed by atoms with van der Waals surface area (Å²) in [7, 11) is 0. The van der Waals surface area contributed by atoms with Gasteiger partial charge >= 0.3 is 0 Å². The molecule has 1 aliphatic rings. The first-order valence-corrected chi connectivity index (χ1v) is 10.1. The normalized spacial score (nSPS) is 16.1. The van der Waals surface area contributed by atoms with Gasteiger partial charge in [-0.1, -0.05) is 42.5 Å². The van der Waals surface area contributed by atoms with Gasteiger partial charge in [0, 0.05) is 6.54 Å². The van der Waals surface area contributed by atoms with Crippen molar-refractivity contribution in [2.75, 3.05) is 6.61 Å². The monoisotopic (exact) mass is 417 g/mol. The highest BCUT2D eigenvalue weighted by Gasteiger charge is 2.44. The molecule has 0 spiro atoms. The van der Waals surface area contributed by atoms with Gasteiger partial charge in [-0.3, -0.25) is 9.59 Å². The van der Waals surface area contributed by atoms with Gasteiger partial charge in [0.1, 0.15) is 11.5 Å². The average Bonchev–Trinajstić information content (AvgIpc) is 3.31. The number of hydrogen-bond acceptors (Lipinski definition) is 5. The smallest absolute Gasteiger partial charge is 0.290 e. The highest BCUT2D eigenvalue weighted by atomic mass is 16.5. The maximum Gasteiger partial charge on any atom is 0.290 e. The van der Waals surface area contributed by atoms with Crippen molar-refractivity contribution < 1.29 is 23.8 Å². The molecule has 3 aromatic rings. The lowest BCUT2D eigenvalue weighted by atomic mass is 9.94. The third-order valence-electron chi connectivity index (χ3n) is 5.19. The third-order valence-corrected chi connectivity index (χ3v) is 5.19. The molecule has 1 amide bonds. The van der Waals surface area contributed by atoms with Crippen LogP contribution in [0.2, 0.25) is 0 Å². The van der Waals surface area contributed by atoms with Crippen LogP contribution in [0.4, 0.5) is 0 Å². The van der Waals surface area contributed by atoms with Crippen LogP contribution < -0.4 is 4.74 Å². The largest absolute Gasteiger partial charge is 0.503 e. The topological polar surface area (TPSA) is 80.0 Å². The number of Topliss-reactive ketones (excluding diaryl/α,β-unsaturated/α-hetero) is 1. The minimum atomic E-state index is -0.772. The zero-order chi connectivity index (χ0) is 22.0. The Labute approximate surface area is 180 Å². The number of amides is 1. The molecule has 6 heteroatoms. The fourth-order valence-corrected chi connectivity index (χ4v) is 3.81. The maximum absolute atomic E-state index is 13.3. The number of furan rings is 1. The van der Waals surface area contributed by atoms with Gasteiger partial charge in [0.15, 0.2) is 11.5 Å². The van der Waals surface area contributed by atoms with Crippen LogP contribution in [0.1, 0.15) is 40.4 Å². The SMILES string of the molecule is CCOc1cccc([C@H]2C(C(=O)c3ccc(C)o3)=C(O)C(=O)N2Cc2ccccc2)c1. The highest BCUT2D eigenvalue weighted by Crippen LogP contribution is 2.40. The molecule has 1 aromatic heterocycles. The number of benzene rings is 2. The van der Waals surface area contributed by atoms with E-state index in [4.69, 9.17) is 9.15 Å². The molecular formula is C25H23NO5. The molecule has 31 heavy (non-hydrogen) atoms. The van der Waals surface area contributed by atoms with E-state index >= 15 is 0 Å². The first-order chi connectivity index (χ1) is 15.0. The minimum absolute atomic E-state index is 0.00364. The molecule has 2 aromatic carbocycles. The molecular weight excluding hydrogens is 394 g/mol. The van der Waals surface area contributed by atoms with E-state index in [1.165, 1.54) is 4.90 Å². The van der Waals surface area contributed by atoms with Gasteiger partial charge in [-0.25, -0.2) is 0 Å². The Morgan fingerprint density at radius 2 is 1.87 bits per heavy atom. The van der Waals surface area contributed by atoms with Gasteiger partial charge < -0.3 is 19.2 Å². The number of nitrogens with zero attached hydrogens (tertiary/aromatic N) is 1. The second-order valence-corrected chi connectivity index (χ2v) is 7.33. The van der Waals surface area contributed by atoms with Gasteiger partial charge in [-0.05, 0) is 49.2 Å². The number of aliphatic hydroxyl groups excluding tert-OH is 1. The summed E-state index contributed by atoms with van der Waals surface area (Å²) >= 11 is 0. The summed E-state index contributed by atoms with van der Waals surface area (Å²) in [5.41, 5.74) is 1.56. The van der Waals surface area contributed by atoms with Gasteiger partial charge in [-0.15, -0.1) is 0 Å². The summed E-state index contributed by atoms with van der Waals surface area (Å²) in [6.45, 7) is 4.34. The van der Waals surface area contributed by atoms with Crippen molar-refractivity contribution in [2.24, 2.45) is 0 Å². The van der Waals surface area contributed by atoms with Crippen LogP contribution in [0.5, 0.6) is 5.75 Å². The molecule has 158 valence electrons. The lowest BCUT2D eigenvalue weighted by Crippen LogP contribution is -2.30. The van der Waals surface area contributed by atoms with E-state index in [0.29, 0.717) is 23.7 Å². The second-order valence-electron chi connectivity index (χ2n) is 7.33. The van der Waals surface area contributed by atoms with Crippen molar-refractivity contribution in [3.05, 3.63) is 101 Å². The van der Waals surface area contributed by atoms with Crippen molar-refractivity contribution in [3.63, 3.8) is 0 Å². The minimum Gasteiger partial charge on any atom is -0.503 e. The third kappa shape index (κ3) is 3.97. The summed E-state index contributed by atoms with van der Waals surface area (Å²) in [5.74, 6) is -0.382. The van der Waals surface area contributed by atoms with E-state index in [0.717, 1.165) is 5.56 Å². The summed E-state index contributed by atoms with van der Waals surface area (Å²) < 4.78 is 11.1. The molecule has 6 nitrogen and oxygen atoms in total. The Bertz CT molecular complexity index is 1150. The fraction of sp³-hybridized carbons (Fsp3) is 0.200. The zero-order valence-electron chi connectivity index (χ0n) is 17.4. The molecule has 1 aliphatic heterocycles. The molecule has 1 N–H and O–H groups in total.